The van der Waals surface area contributed by atoms with Gasteiger partial charge in [-0.15, -0.1) is 0 Å². The first-order valence-electron chi connectivity index (χ1n) is 11.1. The third-order valence-electron chi connectivity index (χ3n) is 5.78. The van der Waals surface area contributed by atoms with Gasteiger partial charge in [-0.3, -0.25) is 19.3 Å². The van der Waals surface area contributed by atoms with Gasteiger partial charge in [0.05, 0.1) is 6.54 Å². The van der Waals surface area contributed by atoms with Crippen molar-refractivity contribution in [2.45, 2.75) is 32.7 Å². The molecule has 4 amide bonds. The molecule has 0 aromatic heterocycles. The number of hydrogen-bond acceptors (Lipinski definition) is 6. The number of imide groups is 1. The molecule has 0 radical (unpaired) electrons. The van der Waals surface area contributed by atoms with Gasteiger partial charge in [0.15, 0.2) is 17.3 Å². The van der Waals surface area contributed by atoms with E-state index in [0.29, 0.717) is 47.9 Å². The monoisotopic (exact) mass is 465 g/mol. The Kier molecular flexibility index (Phi) is 6.28. The van der Waals surface area contributed by atoms with Crippen LogP contribution in [0.2, 0.25) is 0 Å². The van der Waals surface area contributed by atoms with Crippen LogP contribution in [0.15, 0.2) is 42.5 Å². The Labute approximate surface area is 197 Å². The van der Waals surface area contributed by atoms with E-state index in [1.807, 2.05) is 13.8 Å². The molecule has 1 saturated heterocycles. The average Bonchev–Trinajstić information content (AvgIpc) is 3.02. The molecule has 2 aromatic rings. The standard InChI is InChI=1S/C25H27N3O6/c1-15(2)12-22(30)26-18-7-4-16(5-8-18)19(29)14-28-23(31)25(3,27-24(28)32)17-6-9-20-21(13-17)34-11-10-33-20/h4-9,13,15H,10-12,14H2,1-3H3,(H,26,30)(H,27,32). The Morgan fingerprint density at radius 1 is 1.06 bits per heavy atom. The Morgan fingerprint density at radius 2 is 1.74 bits per heavy atom. The summed E-state index contributed by atoms with van der Waals surface area (Å²) in [6.07, 6.45) is 0.398. The highest BCUT2D eigenvalue weighted by Crippen LogP contribution is 2.36. The van der Waals surface area contributed by atoms with E-state index in [1.165, 1.54) is 0 Å². The van der Waals surface area contributed by atoms with Crippen molar-refractivity contribution in [1.29, 1.82) is 0 Å². The molecule has 0 spiro atoms. The van der Waals surface area contributed by atoms with E-state index in [1.54, 1.807) is 49.4 Å². The zero-order chi connectivity index (χ0) is 24.5. The highest BCUT2D eigenvalue weighted by molar-refractivity contribution is 6.11. The number of nitrogens with zero attached hydrogens (tertiary/aromatic N) is 1. The lowest BCUT2D eigenvalue weighted by Gasteiger charge is -2.25. The lowest BCUT2D eigenvalue weighted by atomic mass is 9.91. The van der Waals surface area contributed by atoms with Crippen molar-refractivity contribution < 1.29 is 28.7 Å². The first-order chi connectivity index (χ1) is 16.2. The van der Waals surface area contributed by atoms with Crippen molar-refractivity contribution in [2.75, 3.05) is 25.1 Å². The number of amides is 4. The fraction of sp³-hybridized carbons (Fsp3) is 0.360. The Hall–Kier alpha value is -3.88. The van der Waals surface area contributed by atoms with Gasteiger partial charge in [-0.1, -0.05) is 19.9 Å². The summed E-state index contributed by atoms with van der Waals surface area (Å²) in [7, 11) is 0. The fourth-order valence-corrected chi connectivity index (χ4v) is 3.95. The normalized spacial score (nSPS) is 19.2. The summed E-state index contributed by atoms with van der Waals surface area (Å²) in [5.74, 6) is 0.285. The third-order valence-corrected chi connectivity index (χ3v) is 5.78. The second-order valence-corrected chi connectivity index (χ2v) is 8.95. The number of carbonyl (C=O) groups is 4. The van der Waals surface area contributed by atoms with Gasteiger partial charge >= 0.3 is 6.03 Å². The van der Waals surface area contributed by atoms with Crippen molar-refractivity contribution >= 4 is 29.3 Å². The molecule has 0 aliphatic carbocycles. The molecule has 2 heterocycles. The predicted octanol–water partition coefficient (Wildman–Crippen LogP) is 3.09. The van der Waals surface area contributed by atoms with Gasteiger partial charge in [0.1, 0.15) is 18.8 Å². The number of ketones is 1. The highest BCUT2D eigenvalue weighted by Gasteiger charge is 2.49. The summed E-state index contributed by atoms with van der Waals surface area (Å²) in [6.45, 7) is 5.95. The SMILES string of the molecule is CC(C)CC(=O)Nc1ccc(C(=O)CN2C(=O)NC(C)(c3ccc4c(c3)OCCO4)C2=O)cc1. The first-order valence-corrected chi connectivity index (χ1v) is 11.1. The Bertz CT molecular complexity index is 1140. The molecule has 0 bridgehead atoms. The summed E-state index contributed by atoms with van der Waals surface area (Å²) in [5.41, 5.74) is 0.0999. The maximum absolute atomic E-state index is 13.2. The van der Waals surface area contributed by atoms with Gasteiger partial charge in [-0.25, -0.2) is 4.79 Å². The van der Waals surface area contributed by atoms with Gasteiger partial charge in [0, 0.05) is 17.7 Å². The van der Waals surface area contributed by atoms with Crippen LogP contribution in [0.1, 0.15) is 43.1 Å². The fourth-order valence-electron chi connectivity index (χ4n) is 3.95. The zero-order valence-corrected chi connectivity index (χ0v) is 19.3. The first kappa shape index (κ1) is 23.3. The van der Waals surface area contributed by atoms with Crippen LogP contribution in [0.3, 0.4) is 0 Å². The van der Waals surface area contributed by atoms with Crippen molar-refractivity contribution in [2.24, 2.45) is 5.92 Å². The second kappa shape index (κ2) is 9.17. The lowest BCUT2D eigenvalue weighted by Crippen LogP contribution is -2.41. The molecule has 34 heavy (non-hydrogen) atoms. The van der Waals surface area contributed by atoms with Crippen LogP contribution in [0, 0.1) is 5.92 Å². The van der Waals surface area contributed by atoms with Crippen molar-refractivity contribution in [3.05, 3.63) is 53.6 Å². The van der Waals surface area contributed by atoms with Gasteiger partial charge in [0.2, 0.25) is 5.91 Å². The third kappa shape index (κ3) is 4.59. The maximum atomic E-state index is 13.2. The molecule has 2 aliphatic heterocycles. The smallest absolute Gasteiger partial charge is 0.325 e. The van der Waals surface area contributed by atoms with E-state index in [9.17, 15) is 19.2 Å². The minimum Gasteiger partial charge on any atom is -0.486 e. The number of nitrogens with one attached hydrogen (secondary N) is 2. The van der Waals surface area contributed by atoms with Crippen molar-refractivity contribution in [3.8, 4) is 11.5 Å². The predicted molar refractivity (Wildman–Crippen MR) is 124 cm³/mol. The van der Waals surface area contributed by atoms with Crippen LogP contribution in [-0.2, 0) is 15.1 Å². The van der Waals surface area contributed by atoms with Crippen molar-refractivity contribution in [1.82, 2.24) is 10.2 Å². The second-order valence-electron chi connectivity index (χ2n) is 8.95. The molecule has 2 N–H and O–H groups in total. The molecular formula is C25H27N3O6. The molecule has 4 rings (SSSR count). The number of Topliss-reactive ketones (excluding diaryl/α,β-unsaturated/α-hetero) is 1. The summed E-state index contributed by atoms with van der Waals surface area (Å²) < 4.78 is 11.1. The molecule has 1 fully saturated rings. The van der Waals surface area contributed by atoms with E-state index < -0.39 is 29.8 Å². The summed E-state index contributed by atoms with van der Waals surface area (Å²) in [4.78, 5) is 51.5. The van der Waals surface area contributed by atoms with Crippen LogP contribution < -0.4 is 20.1 Å². The molecule has 9 nitrogen and oxygen atoms in total. The Morgan fingerprint density at radius 3 is 2.41 bits per heavy atom. The quantitative estimate of drug-likeness (QED) is 0.480. The van der Waals surface area contributed by atoms with Gasteiger partial charge in [-0.2, -0.15) is 0 Å². The molecule has 9 heteroatoms. The van der Waals surface area contributed by atoms with E-state index in [4.69, 9.17) is 9.47 Å². The minimum atomic E-state index is -1.34. The van der Waals surface area contributed by atoms with Gasteiger partial charge in [-0.05, 0) is 54.8 Å². The van der Waals surface area contributed by atoms with Crippen LogP contribution in [0.4, 0.5) is 10.5 Å². The summed E-state index contributed by atoms with van der Waals surface area (Å²) in [6, 6.07) is 10.8. The number of anilines is 1. The van der Waals surface area contributed by atoms with E-state index in [0.717, 1.165) is 4.90 Å². The zero-order valence-electron chi connectivity index (χ0n) is 19.3. The summed E-state index contributed by atoms with van der Waals surface area (Å²) >= 11 is 0. The molecule has 178 valence electrons. The van der Waals surface area contributed by atoms with Crippen LogP contribution in [0.5, 0.6) is 11.5 Å². The number of fused-ring (bicyclic) bond motifs is 1. The lowest BCUT2D eigenvalue weighted by molar-refractivity contribution is -0.130. The topological polar surface area (TPSA) is 114 Å². The molecule has 1 unspecified atom stereocenters. The number of carbonyl (C=O) groups excluding carboxylic acids is 4. The number of urea groups is 1. The molecule has 0 saturated carbocycles. The Balaban J connectivity index is 1.45. The number of rotatable bonds is 7. The maximum Gasteiger partial charge on any atom is 0.325 e. The van der Waals surface area contributed by atoms with Gasteiger partial charge < -0.3 is 20.1 Å². The molecule has 2 aliphatic rings. The number of hydrogen-bond donors (Lipinski definition) is 2. The van der Waals surface area contributed by atoms with E-state index in [-0.39, 0.29) is 11.8 Å². The van der Waals surface area contributed by atoms with Crippen molar-refractivity contribution in [3.63, 3.8) is 0 Å². The van der Waals surface area contributed by atoms with E-state index >= 15 is 0 Å². The van der Waals surface area contributed by atoms with Crippen LogP contribution in [-0.4, -0.2) is 48.3 Å². The largest absolute Gasteiger partial charge is 0.486 e. The van der Waals surface area contributed by atoms with Crippen LogP contribution in [0.25, 0.3) is 0 Å². The van der Waals surface area contributed by atoms with E-state index in [2.05, 4.69) is 10.6 Å². The number of ether oxygens (including phenoxy) is 2. The minimum absolute atomic E-state index is 0.105. The highest BCUT2D eigenvalue weighted by atomic mass is 16.6. The molecular weight excluding hydrogens is 438 g/mol. The molecule has 1 atom stereocenters. The van der Waals surface area contributed by atoms with Gasteiger partial charge in [0.25, 0.3) is 5.91 Å². The molecule has 2 aromatic carbocycles. The average molecular weight is 466 g/mol. The van der Waals surface area contributed by atoms with Crippen LogP contribution >= 0.6 is 0 Å². The number of benzene rings is 2. The summed E-state index contributed by atoms with van der Waals surface area (Å²) in [5, 5.41) is 5.48.